The number of alkyl halides is 2. The van der Waals surface area contributed by atoms with Crippen LogP contribution >= 0.6 is 0 Å². The number of carbonyl (C=O) groups excluding carboxylic acids is 4. The van der Waals surface area contributed by atoms with Crippen LogP contribution in [0, 0.1) is 5.92 Å². The molecule has 192 valence electrons. The standard InChI is InChI=1S/C23H40F2N2O3.CH3NO/c1-4-12-19-14-16-27(21(19)22(30)26-17-18(3)28)20(29)13-10-8-6-7-9-11-15-23(24,25)5-2;2-1-3/h19,21H,4-17H2,1-3H3,(H,26,30);1H,(H2,2,3)/t19-,21?;/m0./s1. The highest BCUT2D eigenvalue weighted by Gasteiger charge is 2.40. The molecule has 0 aliphatic carbocycles. The Morgan fingerprint density at radius 1 is 1.09 bits per heavy atom. The van der Waals surface area contributed by atoms with Gasteiger partial charge in [0.2, 0.25) is 24.1 Å². The molecule has 1 saturated heterocycles. The number of likely N-dealkylation sites (tertiary alicyclic amines) is 1. The van der Waals surface area contributed by atoms with E-state index in [1.807, 2.05) is 0 Å². The van der Waals surface area contributed by atoms with E-state index in [1.54, 1.807) is 4.90 Å². The van der Waals surface area contributed by atoms with Gasteiger partial charge in [0.05, 0.1) is 6.54 Å². The molecule has 1 rings (SSSR count). The second-order valence-corrected chi connectivity index (χ2v) is 8.76. The number of nitrogens with two attached hydrogens (primary N) is 1. The fourth-order valence-corrected chi connectivity index (χ4v) is 4.17. The van der Waals surface area contributed by atoms with Crippen LogP contribution in [-0.4, -0.2) is 54.0 Å². The molecule has 0 aromatic heterocycles. The summed E-state index contributed by atoms with van der Waals surface area (Å²) < 4.78 is 26.4. The lowest BCUT2D eigenvalue weighted by molar-refractivity contribution is -0.139. The Hall–Kier alpha value is -2.06. The third-order valence-electron chi connectivity index (χ3n) is 5.98. The summed E-state index contributed by atoms with van der Waals surface area (Å²) in [5.41, 5.74) is 4.17. The molecule has 0 aromatic carbocycles. The molecule has 0 saturated carbocycles. The Morgan fingerprint density at radius 3 is 2.21 bits per heavy atom. The summed E-state index contributed by atoms with van der Waals surface area (Å²) in [6.07, 6.45) is 8.01. The highest BCUT2D eigenvalue weighted by atomic mass is 19.3. The number of Topliss-reactive ketones (excluding diaryl/α,β-unsaturated/α-hetero) is 1. The van der Waals surface area contributed by atoms with Gasteiger partial charge < -0.3 is 16.0 Å². The van der Waals surface area contributed by atoms with Crippen molar-refractivity contribution < 1.29 is 28.0 Å². The first kappa shape index (κ1) is 30.9. The summed E-state index contributed by atoms with van der Waals surface area (Å²) >= 11 is 0. The number of carbonyl (C=O) groups is 4. The first-order valence-electron chi connectivity index (χ1n) is 12.2. The van der Waals surface area contributed by atoms with Gasteiger partial charge in [-0.15, -0.1) is 0 Å². The molecule has 0 radical (unpaired) electrons. The van der Waals surface area contributed by atoms with Crippen molar-refractivity contribution in [3.8, 4) is 0 Å². The molecule has 9 heteroatoms. The Labute approximate surface area is 197 Å². The molecule has 7 nitrogen and oxygen atoms in total. The molecule has 1 fully saturated rings. The molecular formula is C24H43F2N3O4. The zero-order valence-corrected chi connectivity index (χ0v) is 20.5. The number of halogens is 2. The zero-order chi connectivity index (χ0) is 25.3. The molecular weight excluding hydrogens is 432 g/mol. The minimum atomic E-state index is -2.54. The average Bonchev–Trinajstić information content (AvgIpc) is 3.18. The summed E-state index contributed by atoms with van der Waals surface area (Å²) in [6.45, 7) is 5.60. The first-order chi connectivity index (χ1) is 15.6. The Balaban J connectivity index is 0.00000322. The lowest BCUT2D eigenvalue weighted by atomic mass is 9.94. The third kappa shape index (κ3) is 13.3. The summed E-state index contributed by atoms with van der Waals surface area (Å²) in [7, 11) is 0. The van der Waals surface area contributed by atoms with E-state index in [1.165, 1.54) is 13.8 Å². The molecule has 1 unspecified atom stereocenters. The van der Waals surface area contributed by atoms with Crippen LogP contribution in [0.5, 0.6) is 0 Å². The van der Waals surface area contributed by atoms with Crippen molar-refractivity contribution in [2.75, 3.05) is 13.1 Å². The van der Waals surface area contributed by atoms with Gasteiger partial charge in [-0.05, 0) is 38.5 Å². The normalized spacial score (nSPS) is 17.8. The van der Waals surface area contributed by atoms with Crippen LogP contribution in [0.1, 0.15) is 97.8 Å². The summed E-state index contributed by atoms with van der Waals surface area (Å²) in [5.74, 6) is -2.72. The van der Waals surface area contributed by atoms with Gasteiger partial charge in [0.25, 0.3) is 0 Å². The molecule has 1 heterocycles. The number of rotatable bonds is 15. The van der Waals surface area contributed by atoms with Crippen LogP contribution in [0.4, 0.5) is 8.78 Å². The highest BCUT2D eigenvalue weighted by Crippen LogP contribution is 2.29. The number of ketones is 1. The maximum absolute atomic E-state index is 13.2. The predicted molar refractivity (Wildman–Crippen MR) is 125 cm³/mol. The molecule has 3 N–H and O–H groups in total. The monoisotopic (exact) mass is 475 g/mol. The van der Waals surface area contributed by atoms with Gasteiger partial charge in [-0.3, -0.25) is 19.2 Å². The van der Waals surface area contributed by atoms with Crippen LogP contribution < -0.4 is 11.1 Å². The second-order valence-electron chi connectivity index (χ2n) is 8.76. The number of hydrogen-bond donors (Lipinski definition) is 2. The number of nitrogens with one attached hydrogen (secondary N) is 1. The van der Waals surface area contributed by atoms with E-state index in [9.17, 15) is 23.2 Å². The average molecular weight is 476 g/mol. The van der Waals surface area contributed by atoms with E-state index in [-0.39, 0.29) is 49.3 Å². The van der Waals surface area contributed by atoms with Crippen molar-refractivity contribution in [3.05, 3.63) is 0 Å². The van der Waals surface area contributed by atoms with Crippen molar-refractivity contribution in [2.24, 2.45) is 11.7 Å². The third-order valence-corrected chi connectivity index (χ3v) is 5.98. The fraction of sp³-hybridized carbons (Fsp3) is 0.833. The van der Waals surface area contributed by atoms with Crippen LogP contribution in [0.15, 0.2) is 0 Å². The number of primary amides is 1. The minimum absolute atomic E-state index is 0.000394. The fourth-order valence-electron chi connectivity index (χ4n) is 4.17. The van der Waals surface area contributed by atoms with Gasteiger partial charge in [0.15, 0.2) is 0 Å². The van der Waals surface area contributed by atoms with Gasteiger partial charge >= 0.3 is 0 Å². The SMILES string of the molecule is CCC[C@H]1CCN(C(=O)CCCCCCCCC(F)(F)CC)C1C(=O)NCC(C)=O.NC=O. The van der Waals surface area contributed by atoms with Crippen molar-refractivity contribution in [3.63, 3.8) is 0 Å². The molecule has 0 bridgehead atoms. The summed E-state index contributed by atoms with van der Waals surface area (Å²) in [6, 6.07) is -0.475. The minimum Gasteiger partial charge on any atom is -0.372 e. The lowest BCUT2D eigenvalue weighted by Crippen LogP contribution is -2.49. The van der Waals surface area contributed by atoms with Crippen LogP contribution in [-0.2, 0) is 19.2 Å². The maximum atomic E-state index is 13.2. The number of hydrogen-bond acceptors (Lipinski definition) is 4. The molecule has 3 amide bonds. The van der Waals surface area contributed by atoms with Crippen LogP contribution in [0.25, 0.3) is 0 Å². The molecule has 0 spiro atoms. The maximum Gasteiger partial charge on any atom is 0.247 e. The van der Waals surface area contributed by atoms with Gasteiger partial charge in [-0.1, -0.05) is 46.0 Å². The number of nitrogens with zero attached hydrogens (tertiary/aromatic N) is 1. The topological polar surface area (TPSA) is 110 Å². The van der Waals surface area contributed by atoms with E-state index in [0.29, 0.717) is 19.4 Å². The molecule has 2 atom stereocenters. The molecule has 0 aromatic rings. The van der Waals surface area contributed by atoms with E-state index < -0.39 is 12.0 Å². The van der Waals surface area contributed by atoms with E-state index in [2.05, 4.69) is 18.0 Å². The summed E-state index contributed by atoms with van der Waals surface area (Å²) in [4.78, 5) is 46.8. The van der Waals surface area contributed by atoms with Crippen LogP contribution in [0.3, 0.4) is 0 Å². The highest BCUT2D eigenvalue weighted by molar-refractivity contribution is 5.91. The molecule has 1 aliphatic rings. The van der Waals surface area contributed by atoms with E-state index in [0.717, 1.165) is 51.4 Å². The smallest absolute Gasteiger partial charge is 0.247 e. The number of amides is 3. The Bertz CT molecular complexity index is 602. The van der Waals surface area contributed by atoms with Crippen molar-refractivity contribution >= 4 is 24.0 Å². The Morgan fingerprint density at radius 2 is 1.67 bits per heavy atom. The zero-order valence-electron chi connectivity index (χ0n) is 20.5. The second kappa shape index (κ2) is 17.4. The van der Waals surface area contributed by atoms with E-state index >= 15 is 0 Å². The lowest BCUT2D eigenvalue weighted by Gasteiger charge is -2.27. The van der Waals surface area contributed by atoms with E-state index in [4.69, 9.17) is 4.79 Å². The molecule has 1 aliphatic heterocycles. The number of unbranched alkanes of at least 4 members (excludes halogenated alkanes) is 5. The van der Waals surface area contributed by atoms with Gasteiger partial charge in [0, 0.05) is 25.8 Å². The van der Waals surface area contributed by atoms with Crippen molar-refractivity contribution in [2.45, 2.75) is 110 Å². The van der Waals surface area contributed by atoms with Crippen LogP contribution in [0.2, 0.25) is 0 Å². The predicted octanol–water partition coefficient (Wildman–Crippen LogP) is 3.98. The largest absolute Gasteiger partial charge is 0.372 e. The van der Waals surface area contributed by atoms with Crippen molar-refractivity contribution in [1.82, 2.24) is 10.2 Å². The summed E-state index contributed by atoms with van der Waals surface area (Å²) in [5, 5.41) is 2.67. The van der Waals surface area contributed by atoms with Gasteiger partial charge in [-0.25, -0.2) is 8.78 Å². The quantitative estimate of drug-likeness (QED) is 0.276. The van der Waals surface area contributed by atoms with Crippen molar-refractivity contribution in [1.29, 1.82) is 0 Å². The van der Waals surface area contributed by atoms with Gasteiger partial charge in [0.1, 0.15) is 11.8 Å². The Kier molecular flexibility index (Phi) is 16.3. The van der Waals surface area contributed by atoms with Gasteiger partial charge in [-0.2, -0.15) is 0 Å². The molecule has 33 heavy (non-hydrogen) atoms. The first-order valence-corrected chi connectivity index (χ1v) is 12.2.